The largest absolute Gasteiger partial charge is 0.417 e. The Hall–Kier alpha value is -2.85. The van der Waals surface area contributed by atoms with Gasteiger partial charge in [0.15, 0.2) is 11.6 Å². The number of aromatic nitrogens is 1. The van der Waals surface area contributed by atoms with Crippen LogP contribution in [0.3, 0.4) is 0 Å². The summed E-state index contributed by atoms with van der Waals surface area (Å²) < 4.78 is 53.3. The number of hydrogen-bond acceptors (Lipinski definition) is 5. The lowest BCUT2D eigenvalue weighted by molar-refractivity contribution is -0.137. The van der Waals surface area contributed by atoms with Crippen LogP contribution in [0.15, 0.2) is 47.9 Å². The Morgan fingerprint density at radius 1 is 1.30 bits per heavy atom. The maximum Gasteiger partial charge on any atom is 0.417 e. The quantitative estimate of drug-likeness (QED) is 0.429. The number of nitrogens with two attached hydrogens (primary N) is 2. The summed E-state index contributed by atoms with van der Waals surface area (Å²) in [6, 6.07) is 5.25. The summed E-state index contributed by atoms with van der Waals surface area (Å²) in [5, 5.41) is 0.340. The topological polar surface area (TPSA) is 88.5 Å². The van der Waals surface area contributed by atoms with Gasteiger partial charge in [-0.1, -0.05) is 17.7 Å². The average molecular weight is 444 g/mol. The van der Waals surface area contributed by atoms with E-state index >= 15 is 0 Å². The molecule has 30 heavy (non-hydrogen) atoms. The monoisotopic (exact) mass is 443 g/mol. The van der Waals surface area contributed by atoms with Gasteiger partial charge in [-0.25, -0.2) is 15.2 Å². The van der Waals surface area contributed by atoms with Crippen molar-refractivity contribution in [1.82, 2.24) is 9.88 Å². The van der Waals surface area contributed by atoms with Crippen LogP contribution in [0.1, 0.15) is 29.3 Å². The first-order valence-electron chi connectivity index (χ1n) is 8.82. The van der Waals surface area contributed by atoms with Gasteiger partial charge < -0.3 is 10.6 Å². The minimum Gasteiger partial charge on any atom is -0.399 e. The van der Waals surface area contributed by atoms with E-state index in [4.69, 9.17) is 23.2 Å². The van der Waals surface area contributed by atoms with E-state index in [1.165, 1.54) is 29.3 Å². The summed E-state index contributed by atoms with van der Waals surface area (Å²) in [6.45, 7) is 1.55. The zero-order chi connectivity index (χ0) is 22.2. The van der Waals surface area contributed by atoms with Crippen LogP contribution in [0, 0.1) is 5.82 Å². The number of hydrazine groups is 1. The molecule has 3 rings (SSSR count). The van der Waals surface area contributed by atoms with Crippen LogP contribution in [0.25, 0.3) is 0 Å². The van der Waals surface area contributed by atoms with Gasteiger partial charge >= 0.3 is 6.18 Å². The van der Waals surface area contributed by atoms with E-state index in [1.54, 1.807) is 6.92 Å². The summed E-state index contributed by atoms with van der Waals surface area (Å²) in [5.74, 6) is 4.50. The molecule has 4 N–H and O–H groups in total. The molecule has 0 fully saturated rings. The highest BCUT2D eigenvalue weighted by molar-refractivity contribution is 6.34. The van der Waals surface area contributed by atoms with Crippen LogP contribution in [0.4, 0.5) is 23.4 Å². The third kappa shape index (κ3) is 4.05. The normalized spacial score (nSPS) is 17.3. The van der Waals surface area contributed by atoms with Gasteiger partial charge in [0.2, 0.25) is 0 Å². The van der Waals surface area contributed by atoms with Crippen LogP contribution in [-0.4, -0.2) is 28.4 Å². The van der Waals surface area contributed by atoms with Crippen LogP contribution in [-0.2, 0) is 6.18 Å². The first kappa shape index (κ1) is 21.8. The summed E-state index contributed by atoms with van der Waals surface area (Å²) in [7, 11) is 0. The molecule has 1 aliphatic heterocycles. The maximum absolute atomic E-state index is 14.0. The number of amides is 1. The second kappa shape index (κ2) is 8.11. The van der Waals surface area contributed by atoms with Crippen LogP contribution in [0.2, 0.25) is 5.02 Å². The Bertz CT molecular complexity index is 1010. The highest BCUT2D eigenvalue weighted by atomic mass is 35.5. The number of carbonyl (C=O) groups excluding carboxylic acids is 1. The molecular formula is C19H18ClF4N5O. The minimum atomic E-state index is -4.69. The summed E-state index contributed by atoms with van der Waals surface area (Å²) in [6.07, 6.45) is -3.19. The minimum absolute atomic E-state index is 0.121. The molecule has 160 valence electrons. The van der Waals surface area contributed by atoms with E-state index in [0.29, 0.717) is 5.70 Å². The van der Waals surface area contributed by atoms with Gasteiger partial charge in [-0.3, -0.25) is 9.80 Å². The molecule has 0 spiro atoms. The van der Waals surface area contributed by atoms with E-state index in [0.717, 1.165) is 17.1 Å². The van der Waals surface area contributed by atoms with Crippen molar-refractivity contribution in [2.75, 3.05) is 11.6 Å². The number of pyridine rings is 1. The van der Waals surface area contributed by atoms with Crippen molar-refractivity contribution in [3.8, 4) is 0 Å². The lowest BCUT2D eigenvalue weighted by Crippen LogP contribution is -2.48. The molecule has 1 atom stereocenters. The molecule has 1 aromatic heterocycles. The van der Waals surface area contributed by atoms with Gasteiger partial charge in [-0.15, -0.1) is 0 Å². The van der Waals surface area contributed by atoms with Gasteiger partial charge in [0.1, 0.15) is 0 Å². The number of benzene rings is 1. The molecule has 0 aliphatic carbocycles. The molecule has 0 radical (unpaired) electrons. The fourth-order valence-corrected chi connectivity index (χ4v) is 3.54. The fraction of sp³-hybridized carbons (Fsp3) is 0.263. The highest BCUT2D eigenvalue weighted by Gasteiger charge is 2.37. The zero-order valence-electron chi connectivity index (χ0n) is 15.8. The van der Waals surface area contributed by atoms with Crippen LogP contribution < -0.4 is 16.6 Å². The number of carbonyl (C=O) groups is 1. The van der Waals surface area contributed by atoms with Crippen LogP contribution in [0.5, 0.6) is 0 Å². The van der Waals surface area contributed by atoms with E-state index in [-0.39, 0.29) is 30.0 Å². The molecule has 0 bridgehead atoms. The van der Waals surface area contributed by atoms with Crippen molar-refractivity contribution >= 4 is 23.3 Å². The Balaban J connectivity index is 1.91. The number of alkyl halides is 3. The van der Waals surface area contributed by atoms with Gasteiger partial charge in [-0.2, -0.15) is 13.2 Å². The number of anilines is 1. The molecule has 11 heteroatoms. The number of halogens is 5. The molecule has 0 saturated carbocycles. The molecule has 2 aromatic rings. The van der Waals surface area contributed by atoms with Crippen molar-refractivity contribution < 1.29 is 22.4 Å². The third-order valence-electron chi connectivity index (χ3n) is 4.79. The van der Waals surface area contributed by atoms with E-state index in [2.05, 4.69) is 4.98 Å². The van der Waals surface area contributed by atoms with Gasteiger partial charge in [0.25, 0.3) is 5.91 Å². The summed E-state index contributed by atoms with van der Waals surface area (Å²) in [5.41, 5.74) is 5.22. The lowest BCUT2D eigenvalue weighted by atomic mass is 10.0. The molecule has 6 nitrogen and oxygen atoms in total. The van der Waals surface area contributed by atoms with Gasteiger partial charge in [0, 0.05) is 24.4 Å². The van der Waals surface area contributed by atoms with E-state index in [9.17, 15) is 22.4 Å². The van der Waals surface area contributed by atoms with Crippen molar-refractivity contribution in [2.45, 2.75) is 25.6 Å². The molecule has 1 aliphatic rings. The standard InChI is InChI=1S/C19H18ClF4N5O/c1-10-8-15(29(26)17-13(21)6-3-7-27-17)14(25)9-28(10)18(30)11-4-2-5-12(16(11)20)19(22,23)24/h2-7,10H,8-9,25-26H2,1H3. The first-order valence-corrected chi connectivity index (χ1v) is 9.19. The van der Waals surface area contributed by atoms with E-state index in [1.807, 2.05) is 0 Å². The zero-order valence-corrected chi connectivity index (χ0v) is 16.5. The Morgan fingerprint density at radius 2 is 2.00 bits per heavy atom. The summed E-state index contributed by atoms with van der Waals surface area (Å²) >= 11 is 5.88. The Labute approximate surface area is 174 Å². The highest BCUT2D eigenvalue weighted by Crippen LogP contribution is 2.37. The second-order valence-corrected chi connectivity index (χ2v) is 7.18. The number of hydrogen-bond donors (Lipinski definition) is 2. The van der Waals surface area contributed by atoms with Crippen molar-refractivity contribution in [3.05, 3.63) is 69.9 Å². The number of nitrogens with zero attached hydrogens (tertiary/aromatic N) is 3. The molecule has 2 heterocycles. The SMILES string of the molecule is CC1CC(N(N)c2ncccc2F)=C(N)CN1C(=O)c1cccc(C(F)(F)F)c1Cl. The molecular weight excluding hydrogens is 426 g/mol. The maximum atomic E-state index is 14.0. The smallest absolute Gasteiger partial charge is 0.399 e. The Morgan fingerprint density at radius 3 is 2.63 bits per heavy atom. The predicted octanol–water partition coefficient (Wildman–Crippen LogP) is 3.68. The van der Waals surface area contributed by atoms with Crippen molar-refractivity contribution in [2.24, 2.45) is 11.6 Å². The predicted molar refractivity (Wildman–Crippen MR) is 104 cm³/mol. The first-order chi connectivity index (χ1) is 14.0. The number of rotatable bonds is 3. The van der Waals surface area contributed by atoms with Gasteiger partial charge in [-0.05, 0) is 31.2 Å². The van der Waals surface area contributed by atoms with Gasteiger partial charge in [0.05, 0.1) is 28.4 Å². The lowest BCUT2D eigenvalue weighted by Gasteiger charge is -2.37. The molecule has 0 saturated heterocycles. The van der Waals surface area contributed by atoms with Crippen LogP contribution >= 0.6 is 11.6 Å². The fourth-order valence-electron chi connectivity index (χ4n) is 3.23. The average Bonchev–Trinajstić information content (AvgIpc) is 2.68. The third-order valence-corrected chi connectivity index (χ3v) is 5.19. The molecule has 1 unspecified atom stereocenters. The summed E-state index contributed by atoms with van der Waals surface area (Å²) in [4.78, 5) is 18.1. The Kier molecular flexibility index (Phi) is 5.91. The van der Waals surface area contributed by atoms with E-state index < -0.39 is 34.5 Å². The van der Waals surface area contributed by atoms with Crippen molar-refractivity contribution in [1.29, 1.82) is 0 Å². The molecule has 1 aromatic carbocycles. The van der Waals surface area contributed by atoms with Crippen molar-refractivity contribution in [3.63, 3.8) is 0 Å². The molecule has 1 amide bonds. The second-order valence-electron chi connectivity index (χ2n) is 6.80.